The lowest BCUT2D eigenvalue weighted by atomic mass is 10.1. The predicted molar refractivity (Wildman–Crippen MR) is 112 cm³/mol. The molecular formula is C21H30N4O2S. The van der Waals surface area contributed by atoms with Crippen LogP contribution in [0.1, 0.15) is 50.2 Å². The quantitative estimate of drug-likeness (QED) is 0.741. The van der Waals surface area contributed by atoms with Gasteiger partial charge in [-0.3, -0.25) is 0 Å². The fourth-order valence-electron chi connectivity index (χ4n) is 3.42. The zero-order valence-electron chi connectivity index (χ0n) is 17.2. The summed E-state index contributed by atoms with van der Waals surface area (Å²) in [6, 6.07) is 9.28. The Bertz CT molecular complexity index is 903. The maximum atomic E-state index is 13.0. The molecule has 0 saturated carbocycles. The molecule has 1 aliphatic heterocycles. The van der Waals surface area contributed by atoms with Gasteiger partial charge in [-0.1, -0.05) is 39.3 Å². The first-order valence-electron chi connectivity index (χ1n) is 10.0. The molecule has 0 spiro atoms. The SMILES string of the molecule is CCCc1ccc(S(=O)(=O)N2CCN(c3cc(C)nc(C(C)C)n3)CC2)cc1. The molecule has 1 aromatic heterocycles. The van der Waals surface area contributed by atoms with Gasteiger partial charge in [0.2, 0.25) is 10.0 Å². The van der Waals surface area contributed by atoms with E-state index in [0.29, 0.717) is 31.1 Å². The van der Waals surface area contributed by atoms with E-state index >= 15 is 0 Å². The fraction of sp³-hybridized carbons (Fsp3) is 0.524. The highest BCUT2D eigenvalue weighted by molar-refractivity contribution is 7.89. The standard InChI is InChI=1S/C21H30N4O2S/c1-5-6-18-7-9-19(10-8-18)28(26,27)25-13-11-24(12-14-25)20-15-17(4)22-21(23-20)16(2)3/h7-10,15-16H,5-6,11-14H2,1-4H3. The van der Waals surface area contributed by atoms with E-state index in [1.807, 2.05) is 25.1 Å². The van der Waals surface area contributed by atoms with Crippen LogP contribution in [0, 0.1) is 6.92 Å². The molecule has 152 valence electrons. The molecule has 0 atom stereocenters. The van der Waals surface area contributed by atoms with Crippen molar-refractivity contribution in [3.05, 3.63) is 47.4 Å². The largest absolute Gasteiger partial charge is 0.354 e. The van der Waals surface area contributed by atoms with Crippen LogP contribution in [0.15, 0.2) is 35.2 Å². The molecule has 0 amide bonds. The van der Waals surface area contributed by atoms with Crippen molar-refractivity contribution in [3.63, 3.8) is 0 Å². The molecule has 0 bridgehead atoms. The normalized spacial score (nSPS) is 16.0. The Kier molecular flexibility index (Phi) is 6.35. The summed E-state index contributed by atoms with van der Waals surface area (Å²) in [6.45, 7) is 10.4. The monoisotopic (exact) mass is 402 g/mol. The van der Waals surface area contributed by atoms with Gasteiger partial charge in [0, 0.05) is 43.9 Å². The molecule has 6 nitrogen and oxygen atoms in total. The second-order valence-corrected chi connectivity index (χ2v) is 9.60. The number of benzene rings is 1. The Morgan fingerprint density at radius 3 is 2.25 bits per heavy atom. The Hall–Kier alpha value is -1.99. The van der Waals surface area contributed by atoms with E-state index in [0.717, 1.165) is 30.2 Å². The van der Waals surface area contributed by atoms with Crippen molar-refractivity contribution in [2.45, 2.75) is 51.3 Å². The molecule has 1 aromatic carbocycles. The first-order chi connectivity index (χ1) is 13.3. The van der Waals surface area contributed by atoms with Crippen LogP contribution in [0.2, 0.25) is 0 Å². The summed E-state index contributed by atoms with van der Waals surface area (Å²) in [4.78, 5) is 11.7. The maximum Gasteiger partial charge on any atom is 0.243 e. The summed E-state index contributed by atoms with van der Waals surface area (Å²) >= 11 is 0. The Labute approximate surface area is 168 Å². The number of nitrogens with zero attached hydrogens (tertiary/aromatic N) is 4. The number of hydrogen-bond donors (Lipinski definition) is 0. The van der Waals surface area contributed by atoms with E-state index in [2.05, 4.69) is 35.6 Å². The molecule has 0 unspecified atom stereocenters. The molecule has 0 radical (unpaired) electrons. The minimum atomic E-state index is -3.46. The summed E-state index contributed by atoms with van der Waals surface area (Å²) in [5.41, 5.74) is 2.11. The number of anilines is 1. The third-order valence-electron chi connectivity index (χ3n) is 5.04. The van der Waals surface area contributed by atoms with Crippen LogP contribution in [0.5, 0.6) is 0 Å². The van der Waals surface area contributed by atoms with Gasteiger partial charge < -0.3 is 4.90 Å². The van der Waals surface area contributed by atoms with Gasteiger partial charge in [0.05, 0.1) is 4.90 Å². The van der Waals surface area contributed by atoms with Gasteiger partial charge in [0.1, 0.15) is 11.6 Å². The highest BCUT2D eigenvalue weighted by atomic mass is 32.2. The van der Waals surface area contributed by atoms with Gasteiger partial charge in [0.25, 0.3) is 0 Å². The average Bonchev–Trinajstić information content (AvgIpc) is 2.68. The summed E-state index contributed by atoms with van der Waals surface area (Å²) < 4.78 is 27.5. The van der Waals surface area contributed by atoms with Crippen LogP contribution in [0.25, 0.3) is 0 Å². The highest BCUT2D eigenvalue weighted by Crippen LogP contribution is 2.22. The van der Waals surface area contributed by atoms with Crippen molar-refractivity contribution in [2.75, 3.05) is 31.1 Å². The fourth-order valence-corrected chi connectivity index (χ4v) is 4.84. The molecule has 2 heterocycles. The van der Waals surface area contributed by atoms with Crippen molar-refractivity contribution < 1.29 is 8.42 Å². The summed E-state index contributed by atoms with van der Waals surface area (Å²) in [5.74, 6) is 1.98. The van der Waals surface area contributed by atoms with Crippen LogP contribution in [0.3, 0.4) is 0 Å². The van der Waals surface area contributed by atoms with Crippen LogP contribution in [-0.4, -0.2) is 48.9 Å². The Morgan fingerprint density at radius 2 is 1.68 bits per heavy atom. The lowest BCUT2D eigenvalue weighted by Crippen LogP contribution is -2.49. The van der Waals surface area contributed by atoms with Gasteiger partial charge in [-0.25, -0.2) is 18.4 Å². The van der Waals surface area contributed by atoms with Crippen LogP contribution >= 0.6 is 0 Å². The lowest BCUT2D eigenvalue weighted by Gasteiger charge is -2.35. The molecule has 0 N–H and O–H groups in total. The Morgan fingerprint density at radius 1 is 1.04 bits per heavy atom. The lowest BCUT2D eigenvalue weighted by molar-refractivity contribution is 0.383. The summed E-state index contributed by atoms with van der Waals surface area (Å²) in [5, 5.41) is 0. The molecule has 3 rings (SSSR count). The van der Waals surface area contributed by atoms with Crippen LogP contribution in [-0.2, 0) is 16.4 Å². The summed E-state index contributed by atoms with van der Waals surface area (Å²) in [6.07, 6.45) is 2.02. The molecule has 2 aromatic rings. The topological polar surface area (TPSA) is 66.4 Å². The number of aryl methyl sites for hydroxylation is 2. The van der Waals surface area contributed by atoms with Crippen molar-refractivity contribution in [3.8, 4) is 0 Å². The van der Waals surface area contributed by atoms with E-state index in [-0.39, 0.29) is 5.92 Å². The Balaban J connectivity index is 1.71. The molecule has 1 fully saturated rings. The average molecular weight is 403 g/mol. The molecular weight excluding hydrogens is 372 g/mol. The number of rotatable bonds is 6. The van der Waals surface area contributed by atoms with Gasteiger partial charge in [-0.2, -0.15) is 4.31 Å². The van der Waals surface area contributed by atoms with E-state index < -0.39 is 10.0 Å². The van der Waals surface area contributed by atoms with Gasteiger partial charge in [-0.15, -0.1) is 0 Å². The number of hydrogen-bond acceptors (Lipinski definition) is 5. The van der Waals surface area contributed by atoms with Crippen LogP contribution in [0.4, 0.5) is 5.82 Å². The molecule has 1 saturated heterocycles. The molecule has 0 aliphatic carbocycles. The minimum absolute atomic E-state index is 0.260. The minimum Gasteiger partial charge on any atom is -0.354 e. The van der Waals surface area contributed by atoms with E-state index in [1.165, 1.54) is 5.56 Å². The van der Waals surface area contributed by atoms with Crippen molar-refractivity contribution in [1.82, 2.24) is 14.3 Å². The second-order valence-electron chi connectivity index (χ2n) is 7.67. The zero-order chi connectivity index (χ0) is 20.3. The second kappa shape index (κ2) is 8.57. The van der Waals surface area contributed by atoms with E-state index in [9.17, 15) is 8.42 Å². The maximum absolute atomic E-state index is 13.0. The zero-order valence-corrected chi connectivity index (χ0v) is 18.0. The highest BCUT2D eigenvalue weighted by Gasteiger charge is 2.29. The summed E-state index contributed by atoms with van der Waals surface area (Å²) in [7, 11) is -3.46. The van der Waals surface area contributed by atoms with Crippen LogP contribution < -0.4 is 4.90 Å². The van der Waals surface area contributed by atoms with E-state index in [4.69, 9.17) is 0 Å². The van der Waals surface area contributed by atoms with E-state index in [1.54, 1.807) is 16.4 Å². The molecule has 7 heteroatoms. The van der Waals surface area contributed by atoms with Crippen molar-refractivity contribution in [2.24, 2.45) is 0 Å². The first kappa shape index (κ1) is 20.7. The van der Waals surface area contributed by atoms with Gasteiger partial charge in [0.15, 0.2) is 0 Å². The smallest absolute Gasteiger partial charge is 0.243 e. The molecule has 1 aliphatic rings. The third kappa shape index (κ3) is 4.52. The van der Waals surface area contributed by atoms with Crippen molar-refractivity contribution in [1.29, 1.82) is 0 Å². The molecule has 28 heavy (non-hydrogen) atoms. The van der Waals surface area contributed by atoms with Gasteiger partial charge >= 0.3 is 0 Å². The van der Waals surface area contributed by atoms with Crippen molar-refractivity contribution >= 4 is 15.8 Å². The first-order valence-corrected chi connectivity index (χ1v) is 11.4. The number of piperazine rings is 1. The predicted octanol–water partition coefficient (Wildman–Crippen LogP) is 3.37. The number of sulfonamides is 1. The van der Waals surface area contributed by atoms with Gasteiger partial charge in [-0.05, 0) is 31.0 Å². The third-order valence-corrected chi connectivity index (χ3v) is 6.95. The number of aromatic nitrogens is 2.